The van der Waals surface area contributed by atoms with Crippen LogP contribution in [-0.4, -0.2) is 33.3 Å². The molecular formula is C20H18ClN3O2S. The lowest BCUT2D eigenvalue weighted by molar-refractivity contribution is 0.0714. The van der Waals surface area contributed by atoms with Crippen LogP contribution in [0.25, 0.3) is 11.5 Å². The fraction of sp³-hybridized carbons (Fsp3) is 0.250. The van der Waals surface area contributed by atoms with Crippen LogP contribution in [-0.2, 0) is 6.54 Å². The van der Waals surface area contributed by atoms with Gasteiger partial charge in [0.25, 0.3) is 5.91 Å². The number of benzene rings is 2. The third-order valence-corrected chi connectivity index (χ3v) is 5.54. The van der Waals surface area contributed by atoms with Crippen LogP contribution in [0.15, 0.2) is 57.8 Å². The summed E-state index contributed by atoms with van der Waals surface area (Å²) in [6, 6.07) is 15.2. The van der Waals surface area contributed by atoms with E-state index in [1.54, 1.807) is 17.8 Å². The maximum atomic E-state index is 13.0. The zero-order valence-corrected chi connectivity index (χ0v) is 16.3. The minimum Gasteiger partial charge on any atom is -0.419 e. The number of hydrogen-bond acceptors (Lipinski definition) is 5. The number of nitrogens with zero attached hydrogens (tertiary/aromatic N) is 3. The minimum absolute atomic E-state index is 0.0114. The van der Waals surface area contributed by atoms with Gasteiger partial charge in [-0.2, -0.15) is 0 Å². The van der Waals surface area contributed by atoms with Crippen molar-refractivity contribution in [2.75, 3.05) is 6.26 Å². The van der Waals surface area contributed by atoms with Gasteiger partial charge in [0.1, 0.15) is 0 Å². The van der Waals surface area contributed by atoms with Crippen LogP contribution < -0.4 is 0 Å². The van der Waals surface area contributed by atoms with Crippen molar-refractivity contribution in [2.24, 2.45) is 0 Å². The number of rotatable bonds is 6. The van der Waals surface area contributed by atoms with Crippen molar-refractivity contribution >= 4 is 29.3 Å². The summed E-state index contributed by atoms with van der Waals surface area (Å²) in [5.74, 6) is 0.761. The van der Waals surface area contributed by atoms with Gasteiger partial charge in [-0.3, -0.25) is 4.79 Å². The SMILES string of the molecule is CSc1ccc(C(=O)N(Cc2nnc(-c3ccccc3Cl)o2)C2CC2)cc1. The first-order chi connectivity index (χ1) is 13.2. The molecule has 0 bridgehead atoms. The summed E-state index contributed by atoms with van der Waals surface area (Å²) in [5.41, 5.74) is 1.36. The number of amides is 1. The number of thioether (sulfide) groups is 1. The molecule has 1 aromatic heterocycles. The fourth-order valence-corrected chi connectivity index (χ4v) is 3.48. The average Bonchev–Trinajstić information content (AvgIpc) is 3.44. The first kappa shape index (κ1) is 18.1. The molecule has 0 spiro atoms. The van der Waals surface area contributed by atoms with E-state index in [4.69, 9.17) is 16.0 Å². The van der Waals surface area contributed by atoms with Gasteiger partial charge in [-0.1, -0.05) is 23.7 Å². The lowest BCUT2D eigenvalue weighted by atomic mass is 10.2. The van der Waals surface area contributed by atoms with Crippen molar-refractivity contribution in [3.05, 3.63) is 65.0 Å². The predicted octanol–water partition coefficient (Wildman–Crippen LogP) is 4.92. The Morgan fingerprint density at radius 2 is 1.93 bits per heavy atom. The predicted molar refractivity (Wildman–Crippen MR) is 106 cm³/mol. The highest BCUT2D eigenvalue weighted by Crippen LogP contribution is 2.31. The molecule has 0 atom stereocenters. The average molecular weight is 400 g/mol. The van der Waals surface area contributed by atoms with E-state index >= 15 is 0 Å². The van der Waals surface area contributed by atoms with Gasteiger partial charge in [0, 0.05) is 16.5 Å². The van der Waals surface area contributed by atoms with Crippen molar-refractivity contribution in [1.82, 2.24) is 15.1 Å². The number of aromatic nitrogens is 2. The van der Waals surface area contributed by atoms with Crippen LogP contribution in [0.4, 0.5) is 0 Å². The zero-order chi connectivity index (χ0) is 18.8. The molecule has 7 heteroatoms. The highest BCUT2D eigenvalue weighted by Gasteiger charge is 2.34. The van der Waals surface area contributed by atoms with E-state index < -0.39 is 0 Å². The summed E-state index contributed by atoms with van der Waals surface area (Å²) in [7, 11) is 0. The quantitative estimate of drug-likeness (QED) is 0.551. The topological polar surface area (TPSA) is 59.2 Å². The molecule has 1 fully saturated rings. The number of hydrogen-bond donors (Lipinski definition) is 0. The Bertz CT molecular complexity index is 954. The maximum Gasteiger partial charge on any atom is 0.254 e. The van der Waals surface area contributed by atoms with E-state index in [0.717, 1.165) is 17.7 Å². The van der Waals surface area contributed by atoms with Crippen molar-refractivity contribution < 1.29 is 9.21 Å². The largest absolute Gasteiger partial charge is 0.419 e. The summed E-state index contributed by atoms with van der Waals surface area (Å²) < 4.78 is 5.78. The summed E-state index contributed by atoms with van der Waals surface area (Å²) >= 11 is 7.85. The molecule has 5 nitrogen and oxygen atoms in total. The second-order valence-corrected chi connectivity index (χ2v) is 7.66. The molecule has 1 heterocycles. The minimum atomic E-state index is -0.0114. The van der Waals surface area contributed by atoms with Crippen LogP contribution in [0.2, 0.25) is 5.02 Å². The van der Waals surface area contributed by atoms with Gasteiger partial charge in [0.15, 0.2) is 0 Å². The Labute approximate surface area is 166 Å². The summed E-state index contributed by atoms with van der Waals surface area (Å²) in [4.78, 5) is 15.9. The van der Waals surface area contributed by atoms with Crippen molar-refractivity contribution in [3.63, 3.8) is 0 Å². The smallest absolute Gasteiger partial charge is 0.254 e. The summed E-state index contributed by atoms with van der Waals surface area (Å²) in [6.45, 7) is 0.297. The number of halogens is 1. The molecule has 1 amide bonds. The molecule has 0 saturated heterocycles. The normalized spacial score (nSPS) is 13.6. The van der Waals surface area contributed by atoms with Gasteiger partial charge < -0.3 is 9.32 Å². The van der Waals surface area contributed by atoms with E-state index in [0.29, 0.717) is 34.5 Å². The van der Waals surface area contributed by atoms with Crippen LogP contribution in [0.3, 0.4) is 0 Å². The Morgan fingerprint density at radius 3 is 2.59 bits per heavy atom. The number of carbonyl (C=O) groups excluding carboxylic acids is 1. The Morgan fingerprint density at radius 1 is 1.19 bits per heavy atom. The Balaban J connectivity index is 1.54. The standard InChI is InChI=1S/C20H18ClN3O2S/c1-27-15-10-6-13(7-11-15)20(25)24(14-8-9-14)12-18-22-23-19(26-18)16-4-2-3-5-17(16)21/h2-7,10-11,14H,8-9,12H2,1H3. The molecule has 138 valence electrons. The number of carbonyl (C=O) groups is 1. The van der Waals surface area contributed by atoms with Crippen LogP contribution in [0.1, 0.15) is 29.1 Å². The van der Waals surface area contributed by atoms with Crippen LogP contribution in [0, 0.1) is 0 Å². The first-order valence-corrected chi connectivity index (χ1v) is 10.3. The van der Waals surface area contributed by atoms with Crippen molar-refractivity contribution in [1.29, 1.82) is 0 Å². The van der Waals surface area contributed by atoms with Gasteiger partial charge in [-0.15, -0.1) is 22.0 Å². The Kier molecular flexibility index (Phi) is 5.18. The molecule has 0 radical (unpaired) electrons. The fourth-order valence-electron chi connectivity index (χ4n) is 2.86. The van der Waals surface area contributed by atoms with Crippen molar-refractivity contribution in [2.45, 2.75) is 30.3 Å². The molecule has 0 unspecified atom stereocenters. The lowest BCUT2D eigenvalue weighted by Crippen LogP contribution is -2.32. The monoisotopic (exact) mass is 399 g/mol. The molecule has 2 aromatic carbocycles. The second kappa shape index (κ2) is 7.74. The molecule has 1 aliphatic rings. The van der Waals surface area contributed by atoms with Gasteiger partial charge in [-0.25, -0.2) is 0 Å². The van der Waals surface area contributed by atoms with E-state index in [-0.39, 0.29) is 11.9 Å². The van der Waals surface area contributed by atoms with Crippen LogP contribution in [0.5, 0.6) is 0 Å². The lowest BCUT2D eigenvalue weighted by Gasteiger charge is -2.20. The maximum absolute atomic E-state index is 13.0. The van der Waals surface area contributed by atoms with E-state index in [2.05, 4.69) is 10.2 Å². The molecule has 0 N–H and O–H groups in total. The molecular weight excluding hydrogens is 382 g/mol. The highest BCUT2D eigenvalue weighted by molar-refractivity contribution is 7.98. The molecule has 4 rings (SSSR count). The van der Waals surface area contributed by atoms with Crippen LogP contribution >= 0.6 is 23.4 Å². The summed E-state index contributed by atoms with van der Waals surface area (Å²) in [6.07, 6.45) is 4.01. The van der Waals surface area contributed by atoms with Crippen molar-refractivity contribution in [3.8, 4) is 11.5 Å². The van der Waals surface area contributed by atoms with E-state index in [1.807, 2.05) is 53.6 Å². The van der Waals surface area contributed by atoms with E-state index in [1.165, 1.54) is 0 Å². The van der Waals surface area contributed by atoms with Gasteiger partial charge in [-0.05, 0) is 55.5 Å². The van der Waals surface area contributed by atoms with E-state index in [9.17, 15) is 4.79 Å². The Hall–Kier alpha value is -2.31. The zero-order valence-electron chi connectivity index (χ0n) is 14.8. The second-order valence-electron chi connectivity index (χ2n) is 6.37. The third kappa shape index (κ3) is 4.01. The summed E-state index contributed by atoms with van der Waals surface area (Å²) in [5, 5.41) is 8.76. The first-order valence-electron chi connectivity index (χ1n) is 8.68. The highest BCUT2D eigenvalue weighted by atomic mass is 35.5. The molecule has 1 aliphatic carbocycles. The van der Waals surface area contributed by atoms with Gasteiger partial charge in [0.2, 0.25) is 11.8 Å². The molecule has 3 aromatic rings. The molecule has 27 heavy (non-hydrogen) atoms. The molecule has 0 aliphatic heterocycles. The van der Waals surface area contributed by atoms with Gasteiger partial charge >= 0.3 is 0 Å². The van der Waals surface area contributed by atoms with Gasteiger partial charge in [0.05, 0.1) is 17.1 Å². The molecule has 1 saturated carbocycles. The third-order valence-electron chi connectivity index (χ3n) is 4.46.